The summed E-state index contributed by atoms with van der Waals surface area (Å²) in [6.07, 6.45) is -4.70. The van der Waals surface area contributed by atoms with Gasteiger partial charge in [-0.1, -0.05) is 30.3 Å². The van der Waals surface area contributed by atoms with Crippen LogP contribution in [0.4, 0.5) is 24.5 Å². The fourth-order valence-electron chi connectivity index (χ4n) is 2.81. The zero-order valence-electron chi connectivity index (χ0n) is 16.5. The van der Waals surface area contributed by atoms with Gasteiger partial charge in [0, 0.05) is 28.8 Å². The Balaban J connectivity index is 1.71. The number of carbonyl (C=O) groups is 2. The Bertz CT molecular complexity index is 1070. The van der Waals surface area contributed by atoms with Gasteiger partial charge in [0.1, 0.15) is 0 Å². The molecule has 0 radical (unpaired) electrons. The summed E-state index contributed by atoms with van der Waals surface area (Å²) >= 11 is 1.60. The summed E-state index contributed by atoms with van der Waals surface area (Å²) in [5, 5.41) is 4.62. The van der Waals surface area contributed by atoms with E-state index in [0.717, 1.165) is 28.3 Å². The van der Waals surface area contributed by atoms with Crippen molar-refractivity contribution in [2.45, 2.75) is 23.7 Å². The molecule has 0 aromatic heterocycles. The molecule has 2 N–H and O–H groups in total. The lowest BCUT2D eigenvalue weighted by Crippen LogP contribution is -2.17. The molecule has 0 bridgehead atoms. The standard InChI is InChI=1S/C23H19F3N2O2S/c1-15(29)27-18-9-12-21(20(13-18)23(24,25)26)28-22(30)17-7-10-19(11-8-17)31-14-16-5-3-2-4-6-16/h2-13H,14H2,1H3,(H,27,29)(H,28,30). The number of alkyl halides is 3. The van der Waals surface area contributed by atoms with Crippen molar-refractivity contribution in [3.05, 3.63) is 89.5 Å². The zero-order chi connectivity index (χ0) is 22.4. The van der Waals surface area contributed by atoms with E-state index in [2.05, 4.69) is 10.6 Å². The van der Waals surface area contributed by atoms with Gasteiger partial charge in [-0.3, -0.25) is 9.59 Å². The van der Waals surface area contributed by atoms with Crippen LogP contribution >= 0.6 is 11.8 Å². The van der Waals surface area contributed by atoms with E-state index in [1.807, 2.05) is 30.3 Å². The Morgan fingerprint density at radius 1 is 0.903 bits per heavy atom. The van der Waals surface area contributed by atoms with Gasteiger partial charge >= 0.3 is 6.18 Å². The van der Waals surface area contributed by atoms with Crippen LogP contribution in [0.1, 0.15) is 28.4 Å². The van der Waals surface area contributed by atoms with Gasteiger partial charge < -0.3 is 10.6 Å². The van der Waals surface area contributed by atoms with Crippen LogP contribution in [0.25, 0.3) is 0 Å². The molecule has 3 aromatic carbocycles. The van der Waals surface area contributed by atoms with Crippen molar-refractivity contribution in [2.24, 2.45) is 0 Å². The van der Waals surface area contributed by atoms with Gasteiger partial charge in [0.25, 0.3) is 5.91 Å². The Morgan fingerprint density at radius 2 is 1.58 bits per heavy atom. The second kappa shape index (κ2) is 9.70. The molecule has 8 heteroatoms. The summed E-state index contributed by atoms with van der Waals surface area (Å²) in [5.74, 6) is -0.380. The third-order valence-electron chi connectivity index (χ3n) is 4.26. The molecule has 0 saturated heterocycles. The number of benzene rings is 3. The van der Waals surface area contributed by atoms with E-state index in [-0.39, 0.29) is 16.9 Å². The lowest BCUT2D eigenvalue weighted by molar-refractivity contribution is -0.137. The molecule has 160 valence electrons. The first-order valence-electron chi connectivity index (χ1n) is 9.29. The molecule has 31 heavy (non-hydrogen) atoms. The predicted octanol–water partition coefficient (Wildman–Crippen LogP) is 6.21. The number of carbonyl (C=O) groups excluding carboxylic acids is 2. The number of nitrogens with one attached hydrogen (secondary N) is 2. The second-order valence-corrected chi connectivity index (χ2v) is 7.74. The van der Waals surface area contributed by atoms with Crippen LogP contribution in [-0.4, -0.2) is 11.8 Å². The van der Waals surface area contributed by atoms with Crippen molar-refractivity contribution in [2.75, 3.05) is 10.6 Å². The minimum atomic E-state index is -4.70. The van der Waals surface area contributed by atoms with Crippen molar-refractivity contribution in [3.63, 3.8) is 0 Å². The monoisotopic (exact) mass is 444 g/mol. The molecular weight excluding hydrogens is 425 g/mol. The van der Waals surface area contributed by atoms with E-state index in [4.69, 9.17) is 0 Å². The van der Waals surface area contributed by atoms with E-state index in [1.54, 1.807) is 36.0 Å². The van der Waals surface area contributed by atoms with Gasteiger partial charge in [-0.25, -0.2) is 0 Å². The highest BCUT2D eigenvalue weighted by Gasteiger charge is 2.34. The molecule has 0 atom stereocenters. The Morgan fingerprint density at radius 3 is 2.19 bits per heavy atom. The fraction of sp³-hybridized carbons (Fsp3) is 0.130. The molecule has 2 amide bonds. The predicted molar refractivity (Wildman–Crippen MR) is 116 cm³/mol. The van der Waals surface area contributed by atoms with Crippen LogP contribution in [-0.2, 0) is 16.7 Å². The van der Waals surface area contributed by atoms with E-state index < -0.39 is 23.6 Å². The molecule has 0 unspecified atom stereocenters. The fourth-order valence-corrected chi connectivity index (χ4v) is 3.66. The van der Waals surface area contributed by atoms with Crippen LogP contribution in [0.15, 0.2) is 77.7 Å². The first-order chi connectivity index (χ1) is 14.7. The SMILES string of the molecule is CC(=O)Nc1ccc(NC(=O)c2ccc(SCc3ccccc3)cc2)c(C(F)(F)F)c1. The third-order valence-corrected chi connectivity index (χ3v) is 5.34. The molecular formula is C23H19F3N2O2S. The van der Waals surface area contributed by atoms with E-state index in [0.29, 0.717) is 0 Å². The highest BCUT2D eigenvalue weighted by molar-refractivity contribution is 7.98. The Labute approximate surface area is 181 Å². The Kier molecular flexibility index (Phi) is 7.02. The van der Waals surface area contributed by atoms with Gasteiger partial charge in [0.2, 0.25) is 5.91 Å². The summed E-state index contributed by atoms with van der Waals surface area (Å²) in [5.41, 5.74) is -0.0197. The van der Waals surface area contributed by atoms with Gasteiger partial charge in [-0.05, 0) is 48.0 Å². The van der Waals surface area contributed by atoms with Crippen molar-refractivity contribution < 1.29 is 22.8 Å². The lowest BCUT2D eigenvalue weighted by Gasteiger charge is -2.15. The number of amides is 2. The zero-order valence-corrected chi connectivity index (χ0v) is 17.3. The second-order valence-electron chi connectivity index (χ2n) is 6.69. The first-order valence-corrected chi connectivity index (χ1v) is 10.3. The van der Waals surface area contributed by atoms with E-state index in [1.165, 1.54) is 13.0 Å². The number of hydrogen-bond donors (Lipinski definition) is 2. The molecule has 0 heterocycles. The molecule has 3 aromatic rings. The number of anilines is 2. The van der Waals surface area contributed by atoms with Crippen LogP contribution in [0.2, 0.25) is 0 Å². The first kappa shape index (κ1) is 22.4. The molecule has 4 nitrogen and oxygen atoms in total. The molecule has 0 aliphatic heterocycles. The van der Waals surface area contributed by atoms with Crippen LogP contribution in [0, 0.1) is 0 Å². The lowest BCUT2D eigenvalue weighted by atomic mass is 10.1. The van der Waals surface area contributed by atoms with Crippen LogP contribution in [0.5, 0.6) is 0 Å². The maximum absolute atomic E-state index is 13.4. The summed E-state index contributed by atoms with van der Waals surface area (Å²) in [6, 6.07) is 19.8. The summed E-state index contributed by atoms with van der Waals surface area (Å²) in [4.78, 5) is 24.5. The normalized spacial score (nSPS) is 11.1. The largest absolute Gasteiger partial charge is 0.418 e. The number of hydrogen-bond acceptors (Lipinski definition) is 3. The average molecular weight is 444 g/mol. The molecule has 0 spiro atoms. The molecule has 0 saturated carbocycles. The summed E-state index contributed by atoms with van der Waals surface area (Å²) < 4.78 is 40.3. The van der Waals surface area contributed by atoms with Crippen molar-refractivity contribution in [1.82, 2.24) is 0 Å². The number of rotatable bonds is 6. The minimum absolute atomic E-state index is 0.00221. The van der Waals surface area contributed by atoms with Crippen LogP contribution in [0.3, 0.4) is 0 Å². The highest BCUT2D eigenvalue weighted by atomic mass is 32.2. The Hall–Kier alpha value is -3.26. The van der Waals surface area contributed by atoms with Crippen LogP contribution < -0.4 is 10.6 Å². The topological polar surface area (TPSA) is 58.2 Å². The quantitative estimate of drug-likeness (QED) is 0.445. The van der Waals surface area contributed by atoms with Gasteiger partial charge in [-0.2, -0.15) is 13.2 Å². The number of halogens is 3. The minimum Gasteiger partial charge on any atom is -0.326 e. The summed E-state index contributed by atoms with van der Waals surface area (Å²) in [6.45, 7) is 1.20. The molecule has 3 rings (SSSR count). The molecule has 0 fully saturated rings. The average Bonchev–Trinajstić information content (AvgIpc) is 2.73. The smallest absolute Gasteiger partial charge is 0.326 e. The maximum Gasteiger partial charge on any atom is 0.418 e. The molecule has 0 aliphatic carbocycles. The van der Waals surface area contributed by atoms with E-state index in [9.17, 15) is 22.8 Å². The van der Waals surface area contributed by atoms with Gasteiger partial charge in [0.15, 0.2) is 0 Å². The van der Waals surface area contributed by atoms with Crippen molar-refractivity contribution >= 4 is 35.0 Å². The number of thioether (sulfide) groups is 1. The van der Waals surface area contributed by atoms with Gasteiger partial charge in [-0.15, -0.1) is 11.8 Å². The maximum atomic E-state index is 13.4. The van der Waals surface area contributed by atoms with Crippen molar-refractivity contribution in [1.29, 1.82) is 0 Å². The van der Waals surface area contributed by atoms with Gasteiger partial charge in [0.05, 0.1) is 11.3 Å². The summed E-state index contributed by atoms with van der Waals surface area (Å²) in [7, 11) is 0. The van der Waals surface area contributed by atoms with E-state index >= 15 is 0 Å². The third kappa shape index (κ3) is 6.36. The molecule has 0 aliphatic rings. The van der Waals surface area contributed by atoms with Crippen molar-refractivity contribution in [3.8, 4) is 0 Å². The highest BCUT2D eigenvalue weighted by Crippen LogP contribution is 2.37.